The molecule has 0 atom stereocenters. The van der Waals surface area contributed by atoms with E-state index in [0.29, 0.717) is 5.69 Å². The van der Waals surface area contributed by atoms with E-state index >= 15 is 0 Å². The molecule has 13 heavy (non-hydrogen) atoms. The lowest BCUT2D eigenvalue weighted by Gasteiger charge is -1.88. The minimum atomic E-state index is 0.543. The molecule has 0 radical (unpaired) electrons. The van der Waals surface area contributed by atoms with Gasteiger partial charge >= 0.3 is 0 Å². The molecule has 2 heterocycles. The van der Waals surface area contributed by atoms with Crippen molar-refractivity contribution in [2.24, 2.45) is 0 Å². The zero-order valence-corrected chi connectivity index (χ0v) is 7.80. The minimum absolute atomic E-state index is 0.543. The Labute approximate surface area is 79.0 Å². The summed E-state index contributed by atoms with van der Waals surface area (Å²) in [6.45, 7) is 0. The van der Waals surface area contributed by atoms with Crippen molar-refractivity contribution in [1.82, 2.24) is 9.38 Å². The Morgan fingerprint density at radius 2 is 2.46 bits per heavy atom. The van der Waals surface area contributed by atoms with Gasteiger partial charge in [-0.1, -0.05) is 0 Å². The third-order valence-corrected chi connectivity index (χ3v) is 3.61. The second kappa shape index (κ2) is 2.42. The first-order chi connectivity index (χ1) is 6.38. The fourth-order valence-electron chi connectivity index (χ4n) is 1.88. The summed E-state index contributed by atoms with van der Waals surface area (Å²) in [5, 5.41) is 0. The molecule has 2 aromatic rings. The average molecular weight is 192 g/mol. The molecular weight excluding hydrogens is 184 g/mol. The Bertz CT molecular complexity index is 483. The largest absolute Gasteiger partial charge is 0.296 e. The molecule has 0 amide bonds. The number of carbonyl (C=O) groups is 1. The maximum atomic E-state index is 10.5. The number of nitrogens with zero attached hydrogens (tertiary/aromatic N) is 2. The van der Waals surface area contributed by atoms with Gasteiger partial charge in [0.2, 0.25) is 0 Å². The molecule has 0 bridgehead atoms. The summed E-state index contributed by atoms with van der Waals surface area (Å²) in [7, 11) is 0. The summed E-state index contributed by atoms with van der Waals surface area (Å²) in [5.74, 6) is 0. The first-order valence-corrected chi connectivity index (χ1v) is 5.15. The van der Waals surface area contributed by atoms with Gasteiger partial charge in [0.05, 0.1) is 0 Å². The Morgan fingerprint density at radius 3 is 3.31 bits per heavy atom. The quantitative estimate of drug-likeness (QED) is 0.644. The van der Waals surface area contributed by atoms with Crippen LogP contribution in [-0.2, 0) is 12.8 Å². The summed E-state index contributed by atoms with van der Waals surface area (Å²) in [6.07, 6.45) is 6.19. The highest BCUT2D eigenvalue weighted by Gasteiger charge is 2.18. The molecule has 0 aromatic carbocycles. The number of fused-ring (bicyclic) bond motifs is 3. The molecule has 1 aliphatic rings. The summed E-state index contributed by atoms with van der Waals surface area (Å²) in [4.78, 5) is 17.1. The second-order valence-corrected chi connectivity index (χ2v) is 4.32. The van der Waals surface area contributed by atoms with Crippen LogP contribution in [0.1, 0.15) is 27.5 Å². The van der Waals surface area contributed by atoms with Gasteiger partial charge in [-0.3, -0.25) is 9.20 Å². The van der Waals surface area contributed by atoms with Crippen LogP contribution in [0.4, 0.5) is 0 Å². The predicted octanol–water partition coefficient (Wildman–Crippen LogP) is 1.70. The van der Waals surface area contributed by atoms with Crippen LogP contribution in [0.2, 0.25) is 0 Å². The Kier molecular flexibility index (Phi) is 1.35. The van der Waals surface area contributed by atoms with Crippen LogP contribution in [0.5, 0.6) is 0 Å². The van der Waals surface area contributed by atoms with Crippen LogP contribution in [-0.4, -0.2) is 15.7 Å². The number of imidazole rings is 1. The van der Waals surface area contributed by atoms with Crippen molar-refractivity contribution in [3.63, 3.8) is 0 Å². The van der Waals surface area contributed by atoms with Crippen molar-refractivity contribution in [3.05, 3.63) is 22.5 Å². The molecule has 3 rings (SSSR count). The Hall–Kier alpha value is -1.16. The lowest BCUT2D eigenvalue weighted by molar-refractivity contribution is 0.111. The van der Waals surface area contributed by atoms with E-state index in [9.17, 15) is 4.79 Å². The van der Waals surface area contributed by atoms with E-state index in [4.69, 9.17) is 0 Å². The number of hydrogen-bond donors (Lipinski definition) is 0. The molecule has 0 N–H and O–H groups in total. The first-order valence-electron chi connectivity index (χ1n) is 4.33. The smallest absolute Gasteiger partial charge is 0.194 e. The second-order valence-electron chi connectivity index (χ2n) is 3.26. The molecule has 0 saturated heterocycles. The first kappa shape index (κ1) is 7.26. The molecule has 0 saturated carbocycles. The molecule has 0 fully saturated rings. The van der Waals surface area contributed by atoms with Crippen LogP contribution in [0, 0.1) is 0 Å². The van der Waals surface area contributed by atoms with Gasteiger partial charge in [0.15, 0.2) is 11.2 Å². The number of hydrogen-bond acceptors (Lipinski definition) is 3. The van der Waals surface area contributed by atoms with Crippen molar-refractivity contribution < 1.29 is 4.79 Å². The molecule has 66 valence electrons. The van der Waals surface area contributed by atoms with Gasteiger partial charge in [0.25, 0.3) is 0 Å². The number of rotatable bonds is 1. The molecule has 0 unspecified atom stereocenters. The highest BCUT2D eigenvalue weighted by Crippen LogP contribution is 2.30. The highest BCUT2D eigenvalue weighted by atomic mass is 32.1. The van der Waals surface area contributed by atoms with E-state index in [1.807, 2.05) is 6.20 Å². The fourth-order valence-corrected chi connectivity index (χ4v) is 3.08. The zero-order chi connectivity index (χ0) is 8.84. The summed E-state index contributed by atoms with van der Waals surface area (Å²) in [5.41, 5.74) is 1.90. The molecule has 3 nitrogen and oxygen atoms in total. The van der Waals surface area contributed by atoms with Crippen LogP contribution < -0.4 is 0 Å². The van der Waals surface area contributed by atoms with Crippen molar-refractivity contribution in [3.8, 4) is 0 Å². The Balaban J connectivity index is 2.33. The van der Waals surface area contributed by atoms with Crippen LogP contribution in [0.15, 0.2) is 6.20 Å². The van der Waals surface area contributed by atoms with E-state index in [2.05, 4.69) is 9.38 Å². The van der Waals surface area contributed by atoms with Gasteiger partial charge in [-0.05, 0) is 19.3 Å². The van der Waals surface area contributed by atoms with Gasteiger partial charge in [-0.25, -0.2) is 4.98 Å². The predicted molar refractivity (Wildman–Crippen MR) is 50.5 cm³/mol. The average Bonchev–Trinajstić information content (AvgIpc) is 2.72. The van der Waals surface area contributed by atoms with Gasteiger partial charge < -0.3 is 0 Å². The molecular formula is C9H8N2OS. The zero-order valence-electron chi connectivity index (χ0n) is 6.99. The van der Waals surface area contributed by atoms with E-state index < -0.39 is 0 Å². The monoisotopic (exact) mass is 192 g/mol. The third kappa shape index (κ3) is 0.891. The summed E-state index contributed by atoms with van der Waals surface area (Å²) >= 11 is 1.72. The summed E-state index contributed by atoms with van der Waals surface area (Å²) < 4.78 is 2.07. The van der Waals surface area contributed by atoms with Crippen molar-refractivity contribution in [2.45, 2.75) is 19.3 Å². The fraction of sp³-hybridized carbons (Fsp3) is 0.333. The lowest BCUT2D eigenvalue weighted by atomic mass is 10.4. The standard InChI is InChI=1S/C9H8N2OS/c12-5-6-4-11-7-2-1-3-8(7)13-9(11)10-6/h4-5H,1-3H2. The molecule has 2 aromatic heterocycles. The molecule has 0 spiro atoms. The number of thiazole rings is 1. The molecule has 0 aliphatic heterocycles. The topological polar surface area (TPSA) is 34.4 Å². The number of carbonyl (C=O) groups excluding carboxylic acids is 1. The van der Waals surface area contributed by atoms with E-state index in [0.717, 1.165) is 17.7 Å². The normalized spacial score (nSPS) is 15.1. The maximum Gasteiger partial charge on any atom is 0.194 e. The van der Waals surface area contributed by atoms with Crippen LogP contribution in [0.25, 0.3) is 4.96 Å². The van der Waals surface area contributed by atoms with Gasteiger partial charge in [-0.2, -0.15) is 0 Å². The third-order valence-electron chi connectivity index (χ3n) is 2.46. The number of aromatic nitrogens is 2. The van der Waals surface area contributed by atoms with Crippen molar-refractivity contribution in [1.29, 1.82) is 0 Å². The van der Waals surface area contributed by atoms with Gasteiger partial charge in [-0.15, -0.1) is 11.3 Å². The minimum Gasteiger partial charge on any atom is -0.296 e. The number of aryl methyl sites for hydroxylation is 2. The van der Waals surface area contributed by atoms with E-state index in [1.165, 1.54) is 23.4 Å². The maximum absolute atomic E-state index is 10.5. The van der Waals surface area contributed by atoms with Crippen molar-refractivity contribution >= 4 is 22.6 Å². The SMILES string of the molecule is O=Cc1cn2c3c(sc2n1)CCC3. The Morgan fingerprint density at radius 1 is 1.54 bits per heavy atom. The van der Waals surface area contributed by atoms with Gasteiger partial charge in [0.1, 0.15) is 5.69 Å². The summed E-state index contributed by atoms with van der Waals surface area (Å²) in [6, 6.07) is 0. The van der Waals surface area contributed by atoms with E-state index in [1.54, 1.807) is 11.3 Å². The molecule has 1 aliphatic carbocycles. The lowest BCUT2D eigenvalue weighted by Crippen LogP contribution is -1.85. The molecule has 4 heteroatoms. The van der Waals surface area contributed by atoms with Gasteiger partial charge in [0, 0.05) is 16.8 Å². The van der Waals surface area contributed by atoms with E-state index in [-0.39, 0.29) is 0 Å². The van der Waals surface area contributed by atoms with Crippen LogP contribution in [0.3, 0.4) is 0 Å². The van der Waals surface area contributed by atoms with Crippen molar-refractivity contribution in [2.75, 3.05) is 0 Å². The number of aldehydes is 1. The highest BCUT2D eigenvalue weighted by molar-refractivity contribution is 7.17. The van der Waals surface area contributed by atoms with Crippen LogP contribution >= 0.6 is 11.3 Å².